The molecule has 0 spiro atoms. The maximum absolute atomic E-state index is 11.0. The van der Waals surface area contributed by atoms with Crippen molar-refractivity contribution in [3.63, 3.8) is 0 Å². The van der Waals surface area contributed by atoms with Crippen LogP contribution in [-0.4, -0.2) is 34.6 Å². The van der Waals surface area contributed by atoms with Gasteiger partial charge in [-0.05, 0) is 38.5 Å². The second kappa shape index (κ2) is 7.78. The van der Waals surface area contributed by atoms with E-state index in [1.165, 1.54) is 38.5 Å². The maximum atomic E-state index is 11.0. The largest absolute Gasteiger partial charge is 0.480 e. The molecule has 1 N–H and O–H groups in total. The first-order valence-corrected chi connectivity index (χ1v) is 7.55. The van der Waals surface area contributed by atoms with Gasteiger partial charge in [0.15, 0.2) is 0 Å². The van der Waals surface area contributed by atoms with Gasteiger partial charge in [0.1, 0.15) is 0 Å². The summed E-state index contributed by atoms with van der Waals surface area (Å²) in [6.45, 7) is 6.78. The molecule has 0 aromatic heterocycles. The number of nitrogens with zero attached hydrogens (tertiary/aromatic N) is 1. The van der Waals surface area contributed by atoms with Gasteiger partial charge in [0.25, 0.3) is 0 Å². The van der Waals surface area contributed by atoms with Crippen LogP contribution in [0.3, 0.4) is 0 Å². The molecule has 1 rings (SSSR count). The number of hydrogen-bond acceptors (Lipinski definition) is 2. The van der Waals surface area contributed by atoms with Crippen molar-refractivity contribution in [3.05, 3.63) is 0 Å². The third-order valence-corrected chi connectivity index (χ3v) is 4.58. The van der Waals surface area contributed by atoms with Crippen LogP contribution < -0.4 is 0 Å². The Labute approximate surface area is 112 Å². The lowest BCUT2D eigenvalue weighted by Gasteiger charge is -2.34. The van der Waals surface area contributed by atoms with E-state index in [1.54, 1.807) is 0 Å². The van der Waals surface area contributed by atoms with E-state index < -0.39 is 5.97 Å². The molecule has 1 fully saturated rings. The van der Waals surface area contributed by atoms with Crippen LogP contribution in [0.1, 0.15) is 65.7 Å². The second-order valence-corrected chi connectivity index (χ2v) is 5.76. The molecule has 106 valence electrons. The lowest BCUT2D eigenvalue weighted by atomic mass is 9.97. The lowest BCUT2D eigenvalue weighted by Crippen LogP contribution is -2.44. The van der Waals surface area contributed by atoms with Crippen molar-refractivity contribution in [2.45, 2.75) is 77.8 Å². The molecule has 3 atom stereocenters. The predicted molar refractivity (Wildman–Crippen MR) is 74.7 cm³/mol. The highest BCUT2D eigenvalue weighted by atomic mass is 16.4. The van der Waals surface area contributed by atoms with Gasteiger partial charge in [-0.25, -0.2) is 0 Å². The van der Waals surface area contributed by atoms with Crippen LogP contribution in [0.4, 0.5) is 0 Å². The molecule has 18 heavy (non-hydrogen) atoms. The first-order chi connectivity index (χ1) is 8.58. The highest BCUT2D eigenvalue weighted by molar-refractivity contribution is 5.69. The van der Waals surface area contributed by atoms with E-state index in [9.17, 15) is 4.79 Å². The summed E-state index contributed by atoms with van der Waals surface area (Å²) in [5.41, 5.74) is 0. The SMILES string of the molecule is CCC1CCCC(N(CC(=O)O)C(C)CC)CC1. The van der Waals surface area contributed by atoms with Crippen LogP contribution in [0.15, 0.2) is 0 Å². The van der Waals surface area contributed by atoms with E-state index in [1.807, 2.05) is 0 Å². The number of carboxylic acids is 1. The molecule has 0 aliphatic heterocycles. The molecule has 0 heterocycles. The zero-order valence-corrected chi connectivity index (χ0v) is 12.2. The van der Waals surface area contributed by atoms with Crippen molar-refractivity contribution in [2.24, 2.45) is 5.92 Å². The number of carbonyl (C=O) groups is 1. The quantitative estimate of drug-likeness (QED) is 0.738. The summed E-state index contributed by atoms with van der Waals surface area (Å²) in [5.74, 6) is 0.171. The van der Waals surface area contributed by atoms with E-state index in [2.05, 4.69) is 25.7 Å². The first kappa shape index (κ1) is 15.5. The summed E-state index contributed by atoms with van der Waals surface area (Å²) in [6.07, 6.45) is 8.51. The van der Waals surface area contributed by atoms with E-state index in [0.29, 0.717) is 12.1 Å². The van der Waals surface area contributed by atoms with Gasteiger partial charge in [0, 0.05) is 12.1 Å². The molecule has 0 radical (unpaired) electrons. The van der Waals surface area contributed by atoms with Crippen molar-refractivity contribution >= 4 is 5.97 Å². The fourth-order valence-corrected chi connectivity index (χ4v) is 3.13. The molecule has 1 saturated carbocycles. The highest BCUT2D eigenvalue weighted by Crippen LogP contribution is 2.29. The molecule has 0 aromatic rings. The van der Waals surface area contributed by atoms with Crippen molar-refractivity contribution in [3.8, 4) is 0 Å². The maximum Gasteiger partial charge on any atom is 0.317 e. The van der Waals surface area contributed by atoms with E-state index in [4.69, 9.17) is 5.11 Å². The van der Waals surface area contributed by atoms with Crippen LogP contribution in [-0.2, 0) is 4.79 Å². The van der Waals surface area contributed by atoms with Gasteiger partial charge in [0.2, 0.25) is 0 Å². The molecule has 1 aliphatic rings. The fourth-order valence-electron chi connectivity index (χ4n) is 3.13. The minimum absolute atomic E-state index is 0.205. The zero-order valence-electron chi connectivity index (χ0n) is 12.2. The number of hydrogen-bond donors (Lipinski definition) is 1. The summed E-state index contributed by atoms with van der Waals surface area (Å²) >= 11 is 0. The van der Waals surface area contributed by atoms with Crippen molar-refractivity contribution in [2.75, 3.05) is 6.54 Å². The molecule has 0 amide bonds. The normalized spacial score (nSPS) is 26.9. The minimum Gasteiger partial charge on any atom is -0.480 e. The second-order valence-electron chi connectivity index (χ2n) is 5.76. The Balaban J connectivity index is 2.63. The van der Waals surface area contributed by atoms with Gasteiger partial charge < -0.3 is 5.11 Å². The molecule has 3 nitrogen and oxygen atoms in total. The number of aliphatic carboxylic acids is 1. The van der Waals surface area contributed by atoms with Crippen molar-refractivity contribution in [1.29, 1.82) is 0 Å². The van der Waals surface area contributed by atoms with Gasteiger partial charge in [-0.15, -0.1) is 0 Å². The average Bonchev–Trinajstić information content (AvgIpc) is 2.59. The van der Waals surface area contributed by atoms with Crippen LogP contribution in [0.5, 0.6) is 0 Å². The third kappa shape index (κ3) is 4.60. The molecule has 0 saturated heterocycles. The van der Waals surface area contributed by atoms with Crippen molar-refractivity contribution < 1.29 is 9.90 Å². The molecule has 0 bridgehead atoms. The van der Waals surface area contributed by atoms with Gasteiger partial charge >= 0.3 is 5.97 Å². The Bertz CT molecular complexity index is 255. The average molecular weight is 255 g/mol. The minimum atomic E-state index is -0.688. The van der Waals surface area contributed by atoms with Gasteiger partial charge in [-0.3, -0.25) is 9.69 Å². The Kier molecular flexibility index (Phi) is 6.69. The first-order valence-electron chi connectivity index (χ1n) is 7.55. The topological polar surface area (TPSA) is 40.5 Å². The molecule has 3 unspecified atom stereocenters. The zero-order chi connectivity index (χ0) is 13.5. The monoisotopic (exact) mass is 255 g/mol. The van der Waals surface area contributed by atoms with Crippen molar-refractivity contribution in [1.82, 2.24) is 4.90 Å². The number of carboxylic acid groups (broad SMARTS) is 1. The van der Waals surface area contributed by atoms with Gasteiger partial charge in [-0.2, -0.15) is 0 Å². The fraction of sp³-hybridized carbons (Fsp3) is 0.933. The summed E-state index contributed by atoms with van der Waals surface area (Å²) < 4.78 is 0. The lowest BCUT2D eigenvalue weighted by molar-refractivity contribution is -0.139. The van der Waals surface area contributed by atoms with Gasteiger partial charge in [0.05, 0.1) is 6.54 Å². The summed E-state index contributed by atoms with van der Waals surface area (Å²) in [7, 11) is 0. The summed E-state index contributed by atoms with van der Waals surface area (Å²) in [5, 5.41) is 9.09. The Morgan fingerprint density at radius 3 is 2.56 bits per heavy atom. The van der Waals surface area contributed by atoms with Crippen LogP contribution in [0.25, 0.3) is 0 Å². The summed E-state index contributed by atoms with van der Waals surface area (Å²) in [4.78, 5) is 13.3. The molecule has 3 heteroatoms. The third-order valence-electron chi connectivity index (χ3n) is 4.58. The predicted octanol–water partition coefficient (Wildman–Crippen LogP) is 3.53. The molecular weight excluding hydrogens is 226 g/mol. The number of rotatable bonds is 6. The van der Waals surface area contributed by atoms with E-state index >= 15 is 0 Å². The molecule has 1 aliphatic carbocycles. The Morgan fingerprint density at radius 2 is 2.00 bits per heavy atom. The van der Waals surface area contributed by atoms with E-state index in [-0.39, 0.29) is 6.54 Å². The standard InChI is InChI=1S/C15H29NO2/c1-4-12(3)16(11-15(17)18)14-8-6-7-13(5-2)9-10-14/h12-14H,4-11H2,1-3H3,(H,17,18). The van der Waals surface area contributed by atoms with Gasteiger partial charge in [-0.1, -0.05) is 33.1 Å². The highest BCUT2D eigenvalue weighted by Gasteiger charge is 2.27. The van der Waals surface area contributed by atoms with Crippen LogP contribution in [0.2, 0.25) is 0 Å². The van der Waals surface area contributed by atoms with Crippen LogP contribution >= 0.6 is 0 Å². The molecular formula is C15H29NO2. The molecule has 0 aromatic carbocycles. The summed E-state index contributed by atoms with van der Waals surface area (Å²) in [6, 6.07) is 0.858. The van der Waals surface area contributed by atoms with Crippen LogP contribution in [0, 0.1) is 5.92 Å². The smallest absolute Gasteiger partial charge is 0.317 e. The Morgan fingerprint density at radius 1 is 1.28 bits per heavy atom. The van der Waals surface area contributed by atoms with E-state index in [0.717, 1.165) is 12.3 Å². The Hall–Kier alpha value is -0.570.